The van der Waals surface area contributed by atoms with Gasteiger partial charge in [-0.05, 0) is 13.8 Å². The highest BCUT2D eigenvalue weighted by atomic mass is 16.5. The van der Waals surface area contributed by atoms with Crippen LogP contribution in [0.4, 0.5) is 4.79 Å². The van der Waals surface area contributed by atoms with Gasteiger partial charge in [0.25, 0.3) is 0 Å². The minimum atomic E-state index is -0.673. The first kappa shape index (κ1) is 16.0. The molecule has 0 aromatic rings. The zero-order valence-electron chi connectivity index (χ0n) is 10.7. The van der Waals surface area contributed by atoms with E-state index in [1.807, 2.05) is 0 Å². The first-order chi connectivity index (χ1) is 8.49. The van der Waals surface area contributed by atoms with Crippen LogP contribution < -0.4 is 10.6 Å². The summed E-state index contributed by atoms with van der Waals surface area (Å²) < 4.78 is 9.39. The molecule has 0 unspecified atom stereocenters. The van der Waals surface area contributed by atoms with Crippen molar-refractivity contribution in [2.75, 3.05) is 20.3 Å². The topological polar surface area (TPSA) is 93.7 Å². The smallest absolute Gasteiger partial charge is 0.331 e. The van der Waals surface area contributed by atoms with Crippen molar-refractivity contribution in [2.24, 2.45) is 0 Å². The Kier molecular flexibility index (Phi) is 8.00. The lowest BCUT2D eigenvalue weighted by Gasteiger charge is -2.12. The minimum Gasteiger partial charge on any atom is -0.463 e. The van der Waals surface area contributed by atoms with Crippen LogP contribution in [0.25, 0.3) is 0 Å². The van der Waals surface area contributed by atoms with E-state index in [-0.39, 0.29) is 25.3 Å². The molecule has 102 valence electrons. The van der Waals surface area contributed by atoms with E-state index in [0.717, 1.165) is 12.2 Å². The lowest BCUT2D eigenvalue weighted by molar-refractivity contribution is -0.140. The van der Waals surface area contributed by atoms with Crippen LogP contribution >= 0.6 is 0 Å². The molecule has 0 rings (SSSR count). The van der Waals surface area contributed by atoms with Crippen molar-refractivity contribution in [1.29, 1.82) is 0 Å². The number of amides is 2. The van der Waals surface area contributed by atoms with Gasteiger partial charge in [0.05, 0.1) is 12.6 Å². The van der Waals surface area contributed by atoms with Gasteiger partial charge >= 0.3 is 18.0 Å². The van der Waals surface area contributed by atoms with E-state index in [9.17, 15) is 14.4 Å². The van der Waals surface area contributed by atoms with E-state index in [0.29, 0.717) is 0 Å². The summed E-state index contributed by atoms with van der Waals surface area (Å²) in [5.74, 6) is -1.28. The molecule has 0 saturated carbocycles. The number of ether oxygens (including phenoxy) is 2. The number of carbonyl (C=O) groups is 3. The number of nitrogens with one attached hydrogen (secondary N) is 2. The molecular formula is C11H18N2O5. The lowest BCUT2D eigenvalue weighted by Crippen LogP contribution is -2.41. The highest BCUT2D eigenvalue weighted by Crippen LogP contribution is 1.89. The normalized spacial score (nSPS) is 11.7. The van der Waals surface area contributed by atoms with E-state index in [4.69, 9.17) is 4.74 Å². The highest BCUT2D eigenvalue weighted by Gasteiger charge is 2.07. The Morgan fingerprint density at radius 1 is 1.17 bits per heavy atom. The van der Waals surface area contributed by atoms with E-state index in [1.165, 1.54) is 7.05 Å². The number of esters is 2. The van der Waals surface area contributed by atoms with Crippen molar-refractivity contribution in [3.63, 3.8) is 0 Å². The van der Waals surface area contributed by atoms with Crippen molar-refractivity contribution in [3.8, 4) is 0 Å². The van der Waals surface area contributed by atoms with Crippen LogP contribution in [0.5, 0.6) is 0 Å². The van der Waals surface area contributed by atoms with Crippen LogP contribution in [0, 0.1) is 0 Å². The Labute approximate surface area is 106 Å². The molecule has 0 heterocycles. The predicted octanol–water partition coefficient (Wildman–Crippen LogP) is -0.0336. The first-order valence-electron chi connectivity index (χ1n) is 5.49. The molecule has 0 aliphatic heterocycles. The van der Waals surface area contributed by atoms with Crippen molar-refractivity contribution in [1.82, 2.24) is 10.6 Å². The number of hydrogen-bond acceptors (Lipinski definition) is 5. The van der Waals surface area contributed by atoms with Gasteiger partial charge < -0.3 is 20.1 Å². The summed E-state index contributed by atoms with van der Waals surface area (Å²) >= 11 is 0. The fraction of sp³-hybridized carbons (Fsp3) is 0.545. The molecule has 0 aliphatic rings. The fourth-order valence-electron chi connectivity index (χ4n) is 0.919. The van der Waals surface area contributed by atoms with Crippen LogP contribution in [-0.4, -0.2) is 44.3 Å². The van der Waals surface area contributed by atoms with Crippen molar-refractivity contribution in [2.45, 2.75) is 19.9 Å². The van der Waals surface area contributed by atoms with Gasteiger partial charge in [0.1, 0.15) is 6.61 Å². The number of urea groups is 1. The van der Waals surface area contributed by atoms with Gasteiger partial charge in [-0.3, -0.25) is 0 Å². The molecule has 0 aliphatic carbocycles. The van der Waals surface area contributed by atoms with E-state index in [2.05, 4.69) is 15.4 Å². The zero-order valence-corrected chi connectivity index (χ0v) is 10.7. The molecule has 7 nitrogen and oxygen atoms in total. The van der Waals surface area contributed by atoms with Crippen LogP contribution in [0.1, 0.15) is 13.8 Å². The third-order valence-corrected chi connectivity index (χ3v) is 1.72. The predicted molar refractivity (Wildman–Crippen MR) is 63.8 cm³/mol. The molecule has 2 amide bonds. The van der Waals surface area contributed by atoms with Crippen molar-refractivity contribution in [3.05, 3.63) is 12.2 Å². The molecule has 0 aromatic heterocycles. The maximum atomic E-state index is 11.2. The summed E-state index contributed by atoms with van der Waals surface area (Å²) in [6.45, 7) is 3.60. The van der Waals surface area contributed by atoms with Crippen LogP contribution in [0.2, 0.25) is 0 Å². The summed E-state index contributed by atoms with van der Waals surface area (Å²) in [5, 5.41) is 4.90. The Morgan fingerprint density at radius 3 is 2.22 bits per heavy atom. The summed E-state index contributed by atoms with van der Waals surface area (Å²) in [6.07, 6.45) is 1.97. The Morgan fingerprint density at radius 2 is 1.72 bits per heavy atom. The average Bonchev–Trinajstić information content (AvgIpc) is 2.34. The quantitative estimate of drug-likeness (QED) is 0.515. The van der Waals surface area contributed by atoms with Gasteiger partial charge in [-0.2, -0.15) is 0 Å². The minimum absolute atomic E-state index is 0.0133. The molecule has 7 heteroatoms. The summed E-state index contributed by atoms with van der Waals surface area (Å²) in [4.78, 5) is 33.0. The van der Waals surface area contributed by atoms with Gasteiger partial charge in [0.15, 0.2) is 0 Å². The van der Waals surface area contributed by atoms with Crippen molar-refractivity contribution < 1.29 is 23.9 Å². The maximum absolute atomic E-state index is 11.2. The Hall–Kier alpha value is -2.05. The van der Waals surface area contributed by atoms with Gasteiger partial charge in [-0.1, -0.05) is 0 Å². The standard InChI is InChI=1S/C11H18N2O5/c1-4-17-9(14)5-6-10(15)18-7-8(2)13-11(16)12-3/h5-6,8H,4,7H2,1-3H3,(H2,12,13,16)/b6-5+/t8-/m0/s1. The molecule has 0 bridgehead atoms. The van der Waals surface area contributed by atoms with Crippen LogP contribution in [0.3, 0.4) is 0 Å². The average molecular weight is 258 g/mol. The second-order valence-electron chi connectivity index (χ2n) is 3.34. The molecule has 0 aromatic carbocycles. The molecule has 2 N–H and O–H groups in total. The van der Waals surface area contributed by atoms with Gasteiger partial charge in [-0.25, -0.2) is 14.4 Å². The van der Waals surface area contributed by atoms with Gasteiger partial charge in [0.2, 0.25) is 0 Å². The highest BCUT2D eigenvalue weighted by molar-refractivity contribution is 5.91. The van der Waals surface area contributed by atoms with E-state index in [1.54, 1.807) is 13.8 Å². The number of hydrogen-bond donors (Lipinski definition) is 2. The van der Waals surface area contributed by atoms with E-state index >= 15 is 0 Å². The third-order valence-electron chi connectivity index (χ3n) is 1.72. The summed E-state index contributed by atoms with van der Waals surface area (Å²) in [6, 6.07) is -0.689. The molecule has 18 heavy (non-hydrogen) atoms. The lowest BCUT2D eigenvalue weighted by atomic mass is 10.4. The fourth-order valence-corrected chi connectivity index (χ4v) is 0.919. The van der Waals surface area contributed by atoms with Crippen LogP contribution in [0.15, 0.2) is 12.2 Å². The first-order valence-corrected chi connectivity index (χ1v) is 5.49. The van der Waals surface area contributed by atoms with Crippen LogP contribution in [-0.2, 0) is 19.1 Å². The second-order valence-corrected chi connectivity index (χ2v) is 3.34. The SMILES string of the molecule is CCOC(=O)/C=C/C(=O)OC[C@H](C)NC(=O)NC. The molecule has 0 spiro atoms. The zero-order chi connectivity index (χ0) is 14.0. The molecule has 0 saturated heterocycles. The van der Waals surface area contributed by atoms with Gasteiger partial charge in [0, 0.05) is 19.2 Å². The number of carbonyl (C=O) groups excluding carboxylic acids is 3. The summed E-state index contributed by atoms with van der Waals surface area (Å²) in [7, 11) is 1.48. The Balaban J connectivity index is 3.89. The molecule has 1 atom stereocenters. The Bertz CT molecular complexity index is 327. The monoisotopic (exact) mass is 258 g/mol. The summed E-state index contributed by atoms with van der Waals surface area (Å²) in [5.41, 5.74) is 0. The largest absolute Gasteiger partial charge is 0.463 e. The second kappa shape index (κ2) is 9.03. The third kappa shape index (κ3) is 8.14. The van der Waals surface area contributed by atoms with E-state index < -0.39 is 11.9 Å². The molecular weight excluding hydrogens is 240 g/mol. The molecule has 0 fully saturated rings. The molecule has 0 radical (unpaired) electrons. The van der Waals surface area contributed by atoms with Crippen molar-refractivity contribution >= 4 is 18.0 Å². The maximum Gasteiger partial charge on any atom is 0.331 e. The van der Waals surface area contributed by atoms with Gasteiger partial charge in [-0.15, -0.1) is 0 Å². The number of rotatable bonds is 6.